The molecular weight excluding hydrogens is 247 g/mol. The molecule has 3 nitrogen and oxygen atoms in total. The van der Waals surface area contributed by atoms with Crippen LogP contribution in [0.3, 0.4) is 0 Å². The first-order chi connectivity index (χ1) is 7.49. The van der Waals surface area contributed by atoms with Gasteiger partial charge in [0.2, 0.25) is 0 Å². The van der Waals surface area contributed by atoms with Crippen molar-refractivity contribution in [2.24, 2.45) is 0 Å². The van der Waals surface area contributed by atoms with Gasteiger partial charge in [-0.15, -0.1) is 0 Å². The van der Waals surface area contributed by atoms with Crippen molar-refractivity contribution in [1.29, 1.82) is 0 Å². The number of anilines is 1. The van der Waals surface area contributed by atoms with Gasteiger partial charge in [0.05, 0.1) is 16.1 Å². The number of aromatic nitrogens is 1. The van der Waals surface area contributed by atoms with Crippen LogP contribution in [0.25, 0.3) is 10.9 Å². The minimum atomic E-state index is -0.582. The Balaban J connectivity index is 2.79. The minimum Gasteiger partial charge on any atom is -0.383 e. The molecule has 0 bridgehead atoms. The van der Waals surface area contributed by atoms with Crippen molar-refractivity contribution in [1.82, 2.24) is 4.98 Å². The number of nitrogens with two attached hydrogens (primary N) is 1. The fraction of sp³-hybridized carbons (Fsp3) is 0.0909. The van der Waals surface area contributed by atoms with Crippen molar-refractivity contribution < 1.29 is 4.79 Å². The van der Waals surface area contributed by atoms with E-state index in [2.05, 4.69) is 4.98 Å². The van der Waals surface area contributed by atoms with Crippen LogP contribution in [0.1, 0.15) is 15.9 Å². The van der Waals surface area contributed by atoms with Crippen LogP contribution in [0, 0.1) is 6.92 Å². The Morgan fingerprint density at radius 2 is 2.06 bits per heavy atom. The maximum absolute atomic E-state index is 11.1. The molecular formula is C11H8Cl2N2O. The van der Waals surface area contributed by atoms with Crippen molar-refractivity contribution in [2.45, 2.75) is 6.92 Å². The largest absolute Gasteiger partial charge is 0.383 e. The number of nitrogens with zero attached hydrogens (tertiary/aromatic N) is 1. The molecule has 0 aliphatic heterocycles. The number of nitrogen functional groups attached to an aromatic ring is 1. The molecule has 2 aromatic rings. The molecule has 5 heteroatoms. The van der Waals surface area contributed by atoms with E-state index in [9.17, 15) is 4.79 Å². The second-order valence-corrected chi connectivity index (χ2v) is 4.24. The molecule has 0 aliphatic carbocycles. The van der Waals surface area contributed by atoms with Gasteiger partial charge in [0.1, 0.15) is 5.82 Å². The molecule has 0 aliphatic rings. The summed E-state index contributed by atoms with van der Waals surface area (Å²) in [6, 6.07) is 5.05. The quantitative estimate of drug-likeness (QED) is 0.796. The average Bonchev–Trinajstić information content (AvgIpc) is 2.19. The third kappa shape index (κ3) is 1.84. The predicted molar refractivity (Wildman–Crippen MR) is 66.1 cm³/mol. The Morgan fingerprint density at radius 3 is 2.69 bits per heavy atom. The second kappa shape index (κ2) is 3.92. The standard InChI is InChI=1S/C11H8Cl2N2O/c1-5-2-6-3-7(10(13)16)8(12)4-9(6)15-11(5)14/h2-4H,1H3,(H2,14,15). The van der Waals surface area contributed by atoms with E-state index in [1.807, 2.05) is 13.0 Å². The van der Waals surface area contributed by atoms with E-state index in [-0.39, 0.29) is 10.6 Å². The highest BCUT2D eigenvalue weighted by Crippen LogP contribution is 2.26. The number of carbonyl (C=O) groups is 1. The Kier molecular flexibility index (Phi) is 2.74. The van der Waals surface area contributed by atoms with Crippen LogP contribution in [0.15, 0.2) is 18.2 Å². The summed E-state index contributed by atoms with van der Waals surface area (Å²) in [5, 5.41) is 0.490. The highest BCUT2D eigenvalue weighted by atomic mass is 35.5. The van der Waals surface area contributed by atoms with Crippen LogP contribution in [-0.2, 0) is 0 Å². The number of fused-ring (bicyclic) bond motifs is 1. The number of rotatable bonds is 1. The predicted octanol–water partition coefficient (Wildman–Crippen LogP) is 3.16. The van der Waals surface area contributed by atoms with E-state index >= 15 is 0 Å². The second-order valence-electron chi connectivity index (χ2n) is 3.49. The number of hydrogen-bond donors (Lipinski definition) is 1. The maximum Gasteiger partial charge on any atom is 0.253 e. The fourth-order valence-electron chi connectivity index (χ4n) is 1.47. The van der Waals surface area contributed by atoms with Crippen LogP contribution in [0.5, 0.6) is 0 Å². The number of benzene rings is 1. The Bertz CT molecular complexity index is 596. The van der Waals surface area contributed by atoms with Gasteiger partial charge in [0.15, 0.2) is 0 Å². The summed E-state index contributed by atoms with van der Waals surface area (Å²) in [6.07, 6.45) is 0. The molecule has 0 atom stereocenters. The molecule has 1 aromatic heterocycles. The van der Waals surface area contributed by atoms with Crippen molar-refractivity contribution in [3.05, 3.63) is 34.3 Å². The summed E-state index contributed by atoms with van der Waals surface area (Å²) in [5.41, 5.74) is 7.46. The van der Waals surface area contributed by atoms with Gasteiger partial charge in [-0.3, -0.25) is 4.79 Å². The lowest BCUT2D eigenvalue weighted by molar-refractivity contribution is 0.108. The molecule has 2 rings (SSSR count). The summed E-state index contributed by atoms with van der Waals surface area (Å²) in [5.74, 6) is 0.452. The SMILES string of the molecule is Cc1cc2cc(C(=O)Cl)c(Cl)cc2nc1N. The van der Waals surface area contributed by atoms with Crippen molar-refractivity contribution in [3.8, 4) is 0 Å². The minimum absolute atomic E-state index is 0.279. The highest BCUT2D eigenvalue weighted by Gasteiger charge is 2.10. The Morgan fingerprint density at radius 1 is 1.38 bits per heavy atom. The number of hydrogen-bond acceptors (Lipinski definition) is 3. The van der Waals surface area contributed by atoms with Crippen molar-refractivity contribution in [2.75, 3.05) is 5.73 Å². The fourth-order valence-corrected chi connectivity index (χ4v) is 1.92. The summed E-state index contributed by atoms with van der Waals surface area (Å²) >= 11 is 11.3. The van der Waals surface area contributed by atoms with Gasteiger partial charge in [0, 0.05) is 5.39 Å². The molecule has 0 saturated heterocycles. The third-order valence-corrected chi connectivity index (χ3v) is 2.86. The summed E-state index contributed by atoms with van der Waals surface area (Å²) in [6.45, 7) is 1.85. The molecule has 0 amide bonds. The van der Waals surface area contributed by atoms with Crippen LogP contribution in [0.2, 0.25) is 5.02 Å². The maximum atomic E-state index is 11.1. The van der Waals surface area contributed by atoms with Crippen molar-refractivity contribution >= 4 is 45.2 Å². The summed E-state index contributed by atoms with van der Waals surface area (Å²) in [4.78, 5) is 15.3. The van der Waals surface area contributed by atoms with E-state index in [1.54, 1.807) is 12.1 Å². The molecule has 0 saturated carbocycles. The first-order valence-electron chi connectivity index (χ1n) is 4.55. The molecule has 16 heavy (non-hydrogen) atoms. The van der Waals surface area contributed by atoms with E-state index in [1.165, 1.54) is 0 Å². The van der Waals surface area contributed by atoms with E-state index in [0.29, 0.717) is 11.3 Å². The normalized spacial score (nSPS) is 10.7. The smallest absolute Gasteiger partial charge is 0.253 e. The number of carbonyl (C=O) groups excluding carboxylic acids is 1. The van der Waals surface area contributed by atoms with Gasteiger partial charge in [-0.1, -0.05) is 11.6 Å². The third-order valence-electron chi connectivity index (χ3n) is 2.35. The van der Waals surface area contributed by atoms with Crippen LogP contribution >= 0.6 is 23.2 Å². The molecule has 0 radical (unpaired) electrons. The van der Waals surface area contributed by atoms with Gasteiger partial charge >= 0.3 is 0 Å². The highest BCUT2D eigenvalue weighted by molar-refractivity contribution is 6.68. The first-order valence-corrected chi connectivity index (χ1v) is 5.31. The topological polar surface area (TPSA) is 56.0 Å². The number of halogens is 2. The molecule has 1 heterocycles. The zero-order valence-electron chi connectivity index (χ0n) is 8.42. The van der Waals surface area contributed by atoms with Gasteiger partial charge in [-0.2, -0.15) is 0 Å². The lowest BCUT2D eigenvalue weighted by atomic mass is 10.1. The van der Waals surface area contributed by atoms with E-state index in [0.717, 1.165) is 10.9 Å². The van der Waals surface area contributed by atoms with Crippen LogP contribution in [0.4, 0.5) is 5.82 Å². The van der Waals surface area contributed by atoms with Crippen LogP contribution < -0.4 is 5.73 Å². The van der Waals surface area contributed by atoms with E-state index in [4.69, 9.17) is 28.9 Å². The molecule has 0 fully saturated rings. The lowest BCUT2D eigenvalue weighted by Gasteiger charge is -2.05. The average molecular weight is 255 g/mol. The zero-order chi connectivity index (χ0) is 11.9. The first kappa shape index (κ1) is 11.2. The zero-order valence-corrected chi connectivity index (χ0v) is 9.93. The number of pyridine rings is 1. The van der Waals surface area contributed by atoms with Gasteiger partial charge in [-0.25, -0.2) is 4.98 Å². The van der Waals surface area contributed by atoms with Gasteiger partial charge in [0.25, 0.3) is 5.24 Å². The Hall–Kier alpha value is -1.32. The van der Waals surface area contributed by atoms with Crippen LogP contribution in [-0.4, -0.2) is 10.2 Å². The van der Waals surface area contributed by atoms with Gasteiger partial charge in [-0.05, 0) is 42.3 Å². The van der Waals surface area contributed by atoms with Crippen molar-refractivity contribution in [3.63, 3.8) is 0 Å². The van der Waals surface area contributed by atoms with Gasteiger partial charge < -0.3 is 5.73 Å². The Labute approximate surface area is 102 Å². The summed E-state index contributed by atoms with van der Waals surface area (Å²) < 4.78 is 0. The van der Waals surface area contributed by atoms with E-state index < -0.39 is 5.24 Å². The molecule has 0 unspecified atom stereocenters. The number of aryl methyl sites for hydroxylation is 1. The summed E-state index contributed by atoms with van der Waals surface area (Å²) in [7, 11) is 0. The molecule has 1 aromatic carbocycles. The lowest BCUT2D eigenvalue weighted by Crippen LogP contribution is -1.96. The molecule has 0 spiro atoms. The monoisotopic (exact) mass is 254 g/mol. The molecule has 2 N–H and O–H groups in total. The molecule has 82 valence electrons.